The minimum absolute atomic E-state index is 0.242. The number of nitrogens with zero attached hydrogens (tertiary/aromatic N) is 1. The van der Waals surface area contributed by atoms with Gasteiger partial charge in [-0.15, -0.1) is 0 Å². The number of halogens is 1. The summed E-state index contributed by atoms with van der Waals surface area (Å²) >= 11 is 5.82. The van der Waals surface area contributed by atoms with E-state index in [4.69, 9.17) is 26.3 Å². The number of rotatable bonds is 7. The topological polar surface area (TPSA) is 88.4 Å². The largest absolute Gasteiger partial charge is 0.482 e. The first-order valence-corrected chi connectivity index (χ1v) is 8.19. The van der Waals surface area contributed by atoms with Crippen LogP contribution < -0.4 is 10.1 Å². The third kappa shape index (κ3) is 6.11. The second-order valence-electron chi connectivity index (χ2n) is 5.43. The van der Waals surface area contributed by atoms with Crippen molar-refractivity contribution in [1.82, 2.24) is 5.32 Å². The molecule has 7 heteroatoms. The van der Waals surface area contributed by atoms with Gasteiger partial charge < -0.3 is 14.8 Å². The molecule has 1 amide bonds. The van der Waals surface area contributed by atoms with Crippen LogP contribution in [0.15, 0.2) is 48.5 Å². The van der Waals surface area contributed by atoms with Crippen LogP contribution in [0, 0.1) is 11.3 Å². The number of amides is 1. The van der Waals surface area contributed by atoms with E-state index in [0.29, 0.717) is 16.3 Å². The number of hydrogen-bond acceptors (Lipinski definition) is 5. The van der Waals surface area contributed by atoms with Crippen LogP contribution in [0.4, 0.5) is 0 Å². The summed E-state index contributed by atoms with van der Waals surface area (Å²) in [5, 5.41) is 12.0. The molecule has 0 aromatic heterocycles. The van der Waals surface area contributed by atoms with Crippen LogP contribution in [0.1, 0.15) is 24.1 Å². The lowest BCUT2D eigenvalue weighted by atomic mass is 10.1. The van der Waals surface area contributed by atoms with Gasteiger partial charge in [0.05, 0.1) is 17.7 Å². The van der Waals surface area contributed by atoms with Gasteiger partial charge >= 0.3 is 5.97 Å². The van der Waals surface area contributed by atoms with Crippen molar-refractivity contribution in [3.05, 3.63) is 64.7 Å². The van der Waals surface area contributed by atoms with Gasteiger partial charge in [0, 0.05) is 5.02 Å². The predicted octanol–water partition coefficient (Wildman–Crippen LogP) is 3.01. The molecule has 2 aromatic rings. The van der Waals surface area contributed by atoms with Crippen LogP contribution in [-0.4, -0.2) is 25.1 Å². The van der Waals surface area contributed by atoms with Crippen LogP contribution in [-0.2, 0) is 14.3 Å². The number of nitrogens with one attached hydrogen (secondary N) is 1. The van der Waals surface area contributed by atoms with Crippen LogP contribution in [0.3, 0.4) is 0 Å². The summed E-state index contributed by atoms with van der Waals surface area (Å²) in [6, 6.07) is 15.1. The Morgan fingerprint density at radius 1 is 1.12 bits per heavy atom. The summed E-state index contributed by atoms with van der Waals surface area (Å²) in [6.45, 7) is 1.09. The van der Waals surface area contributed by atoms with Crippen molar-refractivity contribution in [2.75, 3.05) is 13.2 Å². The van der Waals surface area contributed by atoms with Crippen molar-refractivity contribution < 1.29 is 19.1 Å². The van der Waals surface area contributed by atoms with E-state index in [1.54, 1.807) is 36.4 Å². The summed E-state index contributed by atoms with van der Waals surface area (Å²) in [5.74, 6) is -0.649. The minimum atomic E-state index is -0.663. The molecular formula is C19H17ClN2O4. The molecule has 1 N–H and O–H groups in total. The van der Waals surface area contributed by atoms with E-state index >= 15 is 0 Å². The molecule has 0 bridgehead atoms. The van der Waals surface area contributed by atoms with Crippen molar-refractivity contribution in [1.29, 1.82) is 5.26 Å². The number of benzene rings is 2. The average molecular weight is 373 g/mol. The van der Waals surface area contributed by atoms with E-state index < -0.39 is 18.5 Å². The molecule has 0 radical (unpaired) electrons. The van der Waals surface area contributed by atoms with Gasteiger partial charge in [-0.3, -0.25) is 4.79 Å². The molecule has 0 saturated carbocycles. The lowest BCUT2D eigenvalue weighted by Gasteiger charge is -2.14. The van der Waals surface area contributed by atoms with Crippen LogP contribution in [0.2, 0.25) is 5.02 Å². The number of nitriles is 1. The van der Waals surface area contributed by atoms with Gasteiger partial charge in [0.15, 0.2) is 13.2 Å². The van der Waals surface area contributed by atoms with Crippen molar-refractivity contribution >= 4 is 23.5 Å². The lowest BCUT2D eigenvalue weighted by Crippen LogP contribution is -2.31. The summed E-state index contributed by atoms with van der Waals surface area (Å²) in [6.07, 6.45) is 0. The van der Waals surface area contributed by atoms with Gasteiger partial charge in [-0.2, -0.15) is 5.26 Å². The van der Waals surface area contributed by atoms with Gasteiger partial charge in [-0.1, -0.05) is 23.7 Å². The summed E-state index contributed by atoms with van der Waals surface area (Å²) in [5.41, 5.74) is 1.38. The van der Waals surface area contributed by atoms with Gasteiger partial charge in [0.1, 0.15) is 5.75 Å². The maximum Gasteiger partial charge on any atom is 0.344 e. The molecule has 0 spiro atoms. The summed E-state index contributed by atoms with van der Waals surface area (Å²) < 4.78 is 10.1. The van der Waals surface area contributed by atoms with Crippen LogP contribution in [0.5, 0.6) is 5.75 Å². The molecule has 6 nitrogen and oxygen atoms in total. The second-order valence-corrected chi connectivity index (χ2v) is 5.86. The Hall–Kier alpha value is -3.04. The quantitative estimate of drug-likeness (QED) is 0.755. The number of hydrogen-bond donors (Lipinski definition) is 1. The second kappa shape index (κ2) is 9.44. The van der Waals surface area contributed by atoms with E-state index in [0.717, 1.165) is 5.56 Å². The van der Waals surface area contributed by atoms with Crippen molar-refractivity contribution in [3.63, 3.8) is 0 Å². The molecule has 134 valence electrons. The molecule has 0 saturated heterocycles. The molecular weight excluding hydrogens is 356 g/mol. The molecule has 2 aromatic carbocycles. The van der Waals surface area contributed by atoms with Gasteiger partial charge in [-0.05, 0) is 48.9 Å². The third-order valence-electron chi connectivity index (χ3n) is 3.45. The van der Waals surface area contributed by atoms with E-state index in [1.165, 1.54) is 0 Å². The first kappa shape index (κ1) is 19.3. The molecule has 0 aliphatic carbocycles. The SMILES string of the molecule is C[C@H](NC(=O)COC(=O)COc1ccc(C#N)cc1)c1ccc(Cl)cc1. The zero-order valence-electron chi connectivity index (χ0n) is 14.1. The average Bonchev–Trinajstić information content (AvgIpc) is 2.65. The predicted molar refractivity (Wildman–Crippen MR) is 95.6 cm³/mol. The molecule has 0 fully saturated rings. The Morgan fingerprint density at radius 2 is 1.77 bits per heavy atom. The Morgan fingerprint density at radius 3 is 2.38 bits per heavy atom. The van der Waals surface area contributed by atoms with Crippen LogP contribution >= 0.6 is 11.6 Å². The van der Waals surface area contributed by atoms with E-state index in [1.807, 2.05) is 25.1 Å². The third-order valence-corrected chi connectivity index (χ3v) is 3.70. The van der Waals surface area contributed by atoms with Gasteiger partial charge in [-0.25, -0.2) is 4.79 Å². The molecule has 1 atom stereocenters. The minimum Gasteiger partial charge on any atom is -0.482 e. The van der Waals surface area contributed by atoms with Crippen LogP contribution in [0.25, 0.3) is 0 Å². The fourth-order valence-electron chi connectivity index (χ4n) is 2.07. The standard InChI is InChI=1S/C19H17ClN2O4/c1-13(15-4-6-16(20)7-5-15)22-18(23)11-26-19(24)12-25-17-8-2-14(10-21)3-9-17/h2-9,13H,11-12H2,1H3,(H,22,23)/t13-/m0/s1. The Kier molecular flexibility index (Phi) is 7.01. The van der Waals surface area contributed by atoms with E-state index in [-0.39, 0.29) is 12.6 Å². The molecule has 0 heterocycles. The highest BCUT2D eigenvalue weighted by Gasteiger charge is 2.12. The first-order chi connectivity index (χ1) is 12.5. The highest BCUT2D eigenvalue weighted by molar-refractivity contribution is 6.30. The van der Waals surface area contributed by atoms with Gasteiger partial charge in [0.2, 0.25) is 0 Å². The smallest absolute Gasteiger partial charge is 0.344 e. The highest BCUT2D eigenvalue weighted by Crippen LogP contribution is 2.16. The fraction of sp³-hybridized carbons (Fsp3) is 0.211. The first-order valence-electron chi connectivity index (χ1n) is 7.81. The Bertz CT molecular complexity index is 798. The van der Waals surface area contributed by atoms with Gasteiger partial charge in [0.25, 0.3) is 5.91 Å². The molecule has 26 heavy (non-hydrogen) atoms. The van der Waals surface area contributed by atoms with Crippen molar-refractivity contribution in [2.45, 2.75) is 13.0 Å². The molecule has 0 aliphatic heterocycles. The Balaban J connectivity index is 1.71. The number of ether oxygens (including phenoxy) is 2. The zero-order valence-corrected chi connectivity index (χ0v) is 14.8. The molecule has 0 aliphatic rings. The Labute approximate surface area is 156 Å². The van der Waals surface area contributed by atoms with E-state index in [2.05, 4.69) is 5.32 Å². The highest BCUT2D eigenvalue weighted by atomic mass is 35.5. The van der Waals surface area contributed by atoms with E-state index in [9.17, 15) is 9.59 Å². The summed E-state index contributed by atoms with van der Waals surface area (Å²) in [7, 11) is 0. The fourth-order valence-corrected chi connectivity index (χ4v) is 2.20. The maximum absolute atomic E-state index is 11.9. The number of carbonyl (C=O) groups is 2. The monoisotopic (exact) mass is 372 g/mol. The lowest BCUT2D eigenvalue weighted by molar-refractivity contribution is -0.150. The van der Waals surface area contributed by atoms with Crippen molar-refractivity contribution in [3.8, 4) is 11.8 Å². The molecule has 0 unspecified atom stereocenters. The zero-order chi connectivity index (χ0) is 18.9. The molecule has 2 rings (SSSR count). The van der Waals surface area contributed by atoms with Crippen molar-refractivity contribution in [2.24, 2.45) is 0 Å². The maximum atomic E-state index is 11.9. The normalized spacial score (nSPS) is 11.1. The number of carbonyl (C=O) groups excluding carboxylic acids is 2. The number of esters is 1. The summed E-state index contributed by atoms with van der Waals surface area (Å²) in [4.78, 5) is 23.5.